The van der Waals surface area contributed by atoms with Crippen LogP contribution >= 0.6 is 11.6 Å². The fraction of sp³-hybridized carbons (Fsp3) is 0.143. The van der Waals surface area contributed by atoms with Crippen molar-refractivity contribution in [2.75, 3.05) is 12.1 Å². The van der Waals surface area contributed by atoms with Crippen LogP contribution in [0.3, 0.4) is 0 Å². The minimum absolute atomic E-state index is 0.0349. The maximum absolute atomic E-state index is 11.0. The SMILES string of the molecule is O=[N+]([O-])c1ccc(Cl)cc1CNc1ccc2c(c1)OCO2. The number of hydrogen-bond acceptors (Lipinski definition) is 5. The van der Waals surface area contributed by atoms with Gasteiger partial charge in [-0.3, -0.25) is 10.1 Å². The van der Waals surface area contributed by atoms with E-state index in [1.54, 1.807) is 18.2 Å². The van der Waals surface area contributed by atoms with Gasteiger partial charge in [-0.2, -0.15) is 0 Å². The third-order valence-electron chi connectivity index (χ3n) is 3.09. The average Bonchev–Trinajstić information content (AvgIpc) is 2.92. The smallest absolute Gasteiger partial charge is 0.274 e. The highest BCUT2D eigenvalue weighted by Crippen LogP contribution is 2.34. The Morgan fingerprint density at radius 1 is 1.19 bits per heavy atom. The van der Waals surface area contributed by atoms with E-state index in [2.05, 4.69) is 5.32 Å². The van der Waals surface area contributed by atoms with Crippen LogP contribution in [-0.4, -0.2) is 11.7 Å². The minimum Gasteiger partial charge on any atom is -0.454 e. The van der Waals surface area contributed by atoms with Crippen molar-refractivity contribution >= 4 is 23.0 Å². The quantitative estimate of drug-likeness (QED) is 0.690. The van der Waals surface area contributed by atoms with Gasteiger partial charge >= 0.3 is 0 Å². The second-order valence-corrected chi connectivity index (χ2v) is 4.89. The summed E-state index contributed by atoms with van der Waals surface area (Å²) in [5.74, 6) is 1.34. The highest BCUT2D eigenvalue weighted by atomic mass is 35.5. The molecule has 0 unspecified atom stereocenters. The van der Waals surface area contributed by atoms with Gasteiger partial charge in [-0.15, -0.1) is 0 Å². The summed E-state index contributed by atoms with van der Waals surface area (Å²) in [5.41, 5.74) is 1.34. The molecule has 1 heterocycles. The topological polar surface area (TPSA) is 73.6 Å². The van der Waals surface area contributed by atoms with Crippen LogP contribution in [0.5, 0.6) is 11.5 Å². The first-order valence-corrected chi connectivity index (χ1v) is 6.57. The fourth-order valence-electron chi connectivity index (χ4n) is 2.08. The van der Waals surface area contributed by atoms with E-state index in [1.165, 1.54) is 12.1 Å². The van der Waals surface area contributed by atoms with E-state index in [-0.39, 0.29) is 19.0 Å². The Hall–Kier alpha value is -2.47. The van der Waals surface area contributed by atoms with Crippen LogP contribution in [0.1, 0.15) is 5.56 Å². The van der Waals surface area contributed by atoms with Crippen LogP contribution in [0.25, 0.3) is 0 Å². The molecule has 0 saturated heterocycles. The standard InChI is InChI=1S/C14H11ClN2O4/c15-10-1-3-12(17(18)19)9(5-10)7-16-11-2-4-13-14(6-11)21-8-20-13/h1-6,16H,7-8H2. The van der Waals surface area contributed by atoms with Crippen molar-refractivity contribution < 1.29 is 14.4 Å². The van der Waals surface area contributed by atoms with Crippen molar-refractivity contribution in [1.82, 2.24) is 0 Å². The van der Waals surface area contributed by atoms with Crippen LogP contribution in [0.15, 0.2) is 36.4 Å². The van der Waals surface area contributed by atoms with Crippen molar-refractivity contribution in [3.63, 3.8) is 0 Å². The summed E-state index contributed by atoms with van der Waals surface area (Å²) < 4.78 is 10.5. The maximum Gasteiger partial charge on any atom is 0.274 e. The molecule has 0 fully saturated rings. The number of nitrogens with one attached hydrogen (secondary N) is 1. The summed E-state index contributed by atoms with van der Waals surface area (Å²) in [6.45, 7) is 0.495. The molecule has 7 heteroatoms. The molecule has 1 aliphatic rings. The third-order valence-corrected chi connectivity index (χ3v) is 3.33. The van der Waals surface area contributed by atoms with Crippen molar-refractivity contribution in [1.29, 1.82) is 0 Å². The van der Waals surface area contributed by atoms with Crippen LogP contribution in [-0.2, 0) is 6.54 Å². The number of benzene rings is 2. The van der Waals surface area contributed by atoms with Crippen molar-refractivity contribution in [3.05, 3.63) is 57.1 Å². The maximum atomic E-state index is 11.0. The highest BCUT2D eigenvalue weighted by Gasteiger charge is 2.15. The minimum atomic E-state index is -0.424. The van der Waals surface area contributed by atoms with Gasteiger partial charge < -0.3 is 14.8 Å². The second-order valence-electron chi connectivity index (χ2n) is 4.45. The van der Waals surface area contributed by atoms with Gasteiger partial charge in [0.2, 0.25) is 6.79 Å². The van der Waals surface area contributed by atoms with Crippen LogP contribution in [0.2, 0.25) is 5.02 Å². The zero-order chi connectivity index (χ0) is 14.8. The number of nitrogens with zero attached hydrogens (tertiary/aromatic N) is 1. The van der Waals surface area contributed by atoms with E-state index in [9.17, 15) is 10.1 Å². The van der Waals surface area contributed by atoms with E-state index in [1.807, 2.05) is 6.07 Å². The second kappa shape index (κ2) is 5.49. The van der Waals surface area contributed by atoms with Gasteiger partial charge in [-0.25, -0.2) is 0 Å². The summed E-state index contributed by atoms with van der Waals surface area (Å²) >= 11 is 5.89. The molecule has 21 heavy (non-hydrogen) atoms. The van der Waals surface area contributed by atoms with E-state index >= 15 is 0 Å². The molecule has 2 aromatic carbocycles. The first-order valence-electron chi connectivity index (χ1n) is 6.20. The molecular formula is C14H11ClN2O4. The molecule has 0 bridgehead atoms. The first kappa shape index (κ1) is 13.5. The molecule has 3 rings (SSSR count). The number of halogens is 1. The normalized spacial score (nSPS) is 12.2. The molecule has 2 aromatic rings. The number of fused-ring (bicyclic) bond motifs is 1. The monoisotopic (exact) mass is 306 g/mol. The number of ether oxygens (including phenoxy) is 2. The molecule has 0 radical (unpaired) electrons. The molecular weight excluding hydrogens is 296 g/mol. The Balaban J connectivity index is 1.78. The zero-order valence-corrected chi connectivity index (χ0v) is 11.6. The Bertz CT molecular complexity index is 705. The summed E-state index contributed by atoms with van der Waals surface area (Å²) in [6.07, 6.45) is 0. The number of anilines is 1. The van der Waals surface area contributed by atoms with Gasteiger partial charge in [0, 0.05) is 29.4 Å². The number of nitro groups is 1. The van der Waals surface area contributed by atoms with Gasteiger partial charge in [0.15, 0.2) is 11.5 Å². The molecule has 6 nitrogen and oxygen atoms in total. The van der Waals surface area contributed by atoms with Crippen molar-refractivity contribution in [2.45, 2.75) is 6.54 Å². The summed E-state index contributed by atoms with van der Waals surface area (Å²) in [7, 11) is 0. The summed E-state index contributed by atoms with van der Waals surface area (Å²) in [5, 5.41) is 14.6. The van der Waals surface area contributed by atoms with E-state index in [4.69, 9.17) is 21.1 Å². The van der Waals surface area contributed by atoms with Gasteiger partial charge in [-0.05, 0) is 24.3 Å². The molecule has 0 aromatic heterocycles. The predicted molar refractivity (Wildman–Crippen MR) is 78.0 cm³/mol. The Labute approximate surface area is 125 Å². The number of hydrogen-bond donors (Lipinski definition) is 1. The van der Waals surface area contributed by atoms with Crippen LogP contribution < -0.4 is 14.8 Å². The summed E-state index contributed by atoms with van der Waals surface area (Å²) in [6, 6.07) is 9.89. The van der Waals surface area contributed by atoms with Gasteiger partial charge in [0.1, 0.15) is 0 Å². The van der Waals surface area contributed by atoms with Crippen LogP contribution in [0, 0.1) is 10.1 Å². The van der Waals surface area contributed by atoms with E-state index in [0.717, 1.165) is 5.69 Å². The lowest BCUT2D eigenvalue weighted by molar-refractivity contribution is -0.385. The zero-order valence-electron chi connectivity index (χ0n) is 10.8. The molecule has 1 aliphatic heterocycles. The lowest BCUT2D eigenvalue weighted by Crippen LogP contribution is -2.03. The van der Waals surface area contributed by atoms with Gasteiger partial charge in [0.25, 0.3) is 5.69 Å². The average molecular weight is 307 g/mol. The van der Waals surface area contributed by atoms with Gasteiger partial charge in [0.05, 0.1) is 10.5 Å². The molecule has 1 N–H and O–H groups in total. The van der Waals surface area contributed by atoms with Gasteiger partial charge in [-0.1, -0.05) is 11.6 Å². The first-order chi connectivity index (χ1) is 10.1. The summed E-state index contributed by atoms with van der Waals surface area (Å²) in [4.78, 5) is 10.6. The molecule has 0 amide bonds. The molecule has 0 saturated carbocycles. The lowest BCUT2D eigenvalue weighted by Gasteiger charge is -2.08. The molecule has 0 aliphatic carbocycles. The Kier molecular flexibility index (Phi) is 3.53. The Morgan fingerprint density at radius 2 is 2.00 bits per heavy atom. The lowest BCUT2D eigenvalue weighted by atomic mass is 10.1. The van der Waals surface area contributed by atoms with E-state index in [0.29, 0.717) is 22.1 Å². The Morgan fingerprint density at radius 3 is 2.81 bits per heavy atom. The molecule has 0 spiro atoms. The highest BCUT2D eigenvalue weighted by molar-refractivity contribution is 6.30. The number of rotatable bonds is 4. The number of nitro benzene ring substituents is 1. The predicted octanol–water partition coefficient (Wildman–Crippen LogP) is 3.59. The molecule has 108 valence electrons. The van der Waals surface area contributed by atoms with Crippen molar-refractivity contribution in [3.8, 4) is 11.5 Å². The largest absolute Gasteiger partial charge is 0.454 e. The van der Waals surface area contributed by atoms with Crippen molar-refractivity contribution in [2.24, 2.45) is 0 Å². The third kappa shape index (κ3) is 2.85. The van der Waals surface area contributed by atoms with Crippen LogP contribution in [0.4, 0.5) is 11.4 Å². The fourth-order valence-corrected chi connectivity index (χ4v) is 2.27. The van der Waals surface area contributed by atoms with E-state index < -0.39 is 4.92 Å². The molecule has 0 atom stereocenters.